The van der Waals surface area contributed by atoms with E-state index in [2.05, 4.69) is 26.2 Å². The summed E-state index contributed by atoms with van der Waals surface area (Å²) in [6.45, 7) is 5.27. The number of aliphatic hydroxyl groups excluding tert-OH is 1. The molecular formula is C24H38N4O2. The zero-order chi connectivity index (χ0) is 20.8. The summed E-state index contributed by atoms with van der Waals surface area (Å²) in [6.07, 6.45) is 13.5. The summed E-state index contributed by atoms with van der Waals surface area (Å²) in [6, 6.07) is 4.75. The van der Waals surface area contributed by atoms with Crippen LogP contribution >= 0.6 is 0 Å². The number of aliphatic hydroxyl groups is 1. The van der Waals surface area contributed by atoms with E-state index in [4.69, 9.17) is 0 Å². The maximum atomic E-state index is 13.1. The van der Waals surface area contributed by atoms with Crippen molar-refractivity contribution in [3.63, 3.8) is 0 Å². The standard InChI is InChI=1S/C24H38N4O2/c29-19-24(10-2-1-3-11-24)26-23(30)21-7-5-13-28(18-21)22-8-14-27(15-9-22)17-20-6-4-12-25-16-20/h4,6,12,16,21-22,29H,1-3,5,7-11,13-15,17-19H2,(H,26,30). The number of pyridine rings is 1. The van der Waals surface area contributed by atoms with Crippen molar-refractivity contribution in [1.29, 1.82) is 0 Å². The third kappa shape index (κ3) is 5.40. The predicted molar refractivity (Wildman–Crippen MR) is 118 cm³/mol. The largest absolute Gasteiger partial charge is 0.394 e. The first-order valence-corrected chi connectivity index (χ1v) is 12.0. The molecule has 1 unspecified atom stereocenters. The number of amides is 1. The van der Waals surface area contributed by atoms with Crippen LogP contribution in [-0.4, -0.2) is 70.2 Å². The highest BCUT2D eigenvalue weighted by molar-refractivity contribution is 5.79. The Labute approximate surface area is 181 Å². The summed E-state index contributed by atoms with van der Waals surface area (Å²) in [7, 11) is 0. The number of aromatic nitrogens is 1. The van der Waals surface area contributed by atoms with E-state index in [1.54, 1.807) is 0 Å². The Kier molecular flexibility index (Phi) is 7.39. The molecule has 6 nitrogen and oxygen atoms in total. The quantitative estimate of drug-likeness (QED) is 0.749. The van der Waals surface area contributed by atoms with Crippen LogP contribution in [0, 0.1) is 5.92 Å². The number of nitrogens with zero attached hydrogens (tertiary/aromatic N) is 3. The monoisotopic (exact) mass is 414 g/mol. The van der Waals surface area contributed by atoms with Gasteiger partial charge in [-0.1, -0.05) is 25.3 Å². The summed E-state index contributed by atoms with van der Waals surface area (Å²) in [5.41, 5.74) is 0.918. The molecule has 3 aliphatic rings. The molecule has 6 heteroatoms. The molecule has 2 N–H and O–H groups in total. The molecule has 0 aromatic carbocycles. The van der Waals surface area contributed by atoms with Crippen LogP contribution in [0.25, 0.3) is 0 Å². The molecule has 1 aromatic rings. The summed E-state index contributed by atoms with van der Waals surface area (Å²) in [5, 5.41) is 13.2. The fourth-order valence-electron chi connectivity index (χ4n) is 5.66. The van der Waals surface area contributed by atoms with Crippen molar-refractivity contribution in [2.75, 3.05) is 32.8 Å². The Hall–Kier alpha value is -1.50. The van der Waals surface area contributed by atoms with Crippen molar-refractivity contribution in [3.8, 4) is 0 Å². The summed E-state index contributed by atoms with van der Waals surface area (Å²) in [4.78, 5) is 22.4. The third-order valence-electron chi connectivity index (χ3n) is 7.53. The predicted octanol–water partition coefficient (Wildman–Crippen LogP) is 2.57. The average Bonchev–Trinajstić information content (AvgIpc) is 2.81. The lowest BCUT2D eigenvalue weighted by Crippen LogP contribution is -2.57. The van der Waals surface area contributed by atoms with Crippen molar-refractivity contribution in [1.82, 2.24) is 20.1 Å². The number of hydrogen-bond acceptors (Lipinski definition) is 5. The number of carbonyl (C=O) groups excluding carboxylic acids is 1. The van der Waals surface area contributed by atoms with E-state index in [9.17, 15) is 9.90 Å². The van der Waals surface area contributed by atoms with Crippen LogP contribution in [0.5, 0.6) is 0 Å². The number of piperidine rings is 2. The molecule has 30 heavy (non-hydrogen) atoms. The molecule has 0 radical (unpaired) electrons. The molecule has 4 rings (SSSR count). The van der Waals surface area contributed by atoms with Crippen LogP contribution < -0.4 is 5.32 Å². The van der Waals surface area contributed by atoms with Gasteiger partial charge in [-0.15, -0.1) is 0 Å². The van der Waals surface area contributed by atoms with E-state index >= 15 is 0 Å². The number of carbonyl (C=O) groups is 1. The molecule has 1 amide bonds. The van der Waals surface area contributed by atoms with Gasteiger partial charge in [0.1, 0.15) is 0 Å². The van der Waals surface area contributed by atoms with E-state index in [1.807, 2.05) is 18.5 Å². The van der Waals surface area contributed by atoms with Crippen LogP contribution in [0.2, 0.25) is 0 Å². The Morgan fingerprint density at radius 3 is 2.63 bits per heavy atom. The number of likely N-dealkylation sites (tertiary alicyclic amines) is 2. The lowest BCUT2D eigenvalue weighted by Gasteiger charge is -2.43. The normalized spacial score (nSPS) is 26.4. The molecule has 2 aliphatic heterocycles. The third-order valence-corrected chi connectivity index (χ3v) is 7.53. The highest BCUT2D eigenvalue weighted by Gasteiger charge is 2.37. The van der Waals surface area contributed by atoms with E-state index in [-0.39, 0.29) is 24.0 Å². The molecule has 3 fully saturated rings. The first-order valence-electron chi connectivity index (χ1n) is 12.0. The molecule has 3 heterocycles. The molecule has 1 atom stereocenters. The van der Waals surface area contributed by atoms with Crippen LogP contribution in [0.15, 0.2) is 24.5 Å². The van der Waals surface area contributed by atoms with E-state index in [0.717, 1.165) is 71.2 Å². The van der Waals surface area contributed by atoms with Crippen LogP contribution in [0.1, 0.15) is 63.4 Å². The lowest BCUT2D eigenvalue weighted by atomic mass is 9.81. The Morgan fingerprint density at radius 2 is 1.93 bits per heavy atom. The van der Waals surface area contributed by atoms with Gasteiger partial charge in [0.2, 0.25) is 5.91 Å². The fourth-order valence-corrected chi connectivity index (χ4v) is 5.66. The number of rotatable bonds is 6. The van der Waals surface area contributed by atoms with Gasteiger partial charge in [-0.3, -0.25) is 19.6 Å². The average molecular weight is 415 g/mol. The minimum atomic E-state index is -0.366. The maximum absolute atomic E-state index is 13.1. The highest BCUT2D eigenvalue weighted by atomic mass is 16.3. The van der Waals surface area contributed by atoms with Gasteiger partial charge in [-0.05, 0) is 69.8 Å². The van der Waals surface area contributed by atoms with Gasteiger partial charge >= 0.3 is 0 Å². The van der Waals surface area contributed by atoms with Gasteiger partial charge in [0.15, 0.2) is 0 Å². The van der Waals surface area contributed by atoms with Gasteiger partial charge in [0.05, 0.1) is 18.1 Å². The first kappa shape index (κ1) is 21.7. The van der Waals surface area contributed by atoms with Crippen molar-refractivity contribution in [2.45, 2.75) is 75.9 Å². The van der Waals surface area contributed by atoms with Crippen LogP contribution in [0.3, 0.4) is 0 Å². The van der Waals surface area contributed by atoms with Crippen LogP contribution in [0.4, 0.5) is 0 Å². The second-order valence-electron chi connectivity index (χ2n) is 9.69. The van der Waals surface area contributed by atoms with Gasteiger partial charge < -0.3 is 10.4 Å². The summed E-state index contributed by atoms with van der Waals surface area (Å²) >= 11 is 0. The Balaban J connectivity index is 1.26. The minimum absolute atomic E-state index is 0.0672. The molecule has 2 saturated heterocycles. The van der Waals surface area contributed by atoms with Gasteiger partial charge in [0, 0.05) is 31.5 Å². The van der Waals surface area contributed by atoms with E-state index in [0.29, 0.717) is 6.04 Å². The number of hydrogen-bond donors (Lipinski definition) is 2. The fraction of sp³-hybridized carbons (Fsp3) is 0.750. The van der Waals surface area contributed by atoms with Crippen molar-refractivity contribution >= 4 is 5.91 Å². The Morgan fingerprint density at radius 1 is 1.13 bits per heavy atom. The molecule has 1 aromatic heterocycles. The molecule has 1 aliphatic carbocycles. The Bertz CT molecular complexity index is 669. The van der Waals surface area contributed by atoms with E-state index in [1.165, 1.54) is 24.8 Å². The number of nitrogens with one attached hydrogen (secondary N) is 1. The lowest BCUT2D eigenvalue weighted by molar-refractivity contribution is -0.130. The van der Waals surface area contributed by atoms with Crippen LogP contribution in [-0.2, 0) is 11.3 Å². The second-order valence-corrected chi connectivity index (χ2v) is 9.69. The highest BCUT2D eigenvalue weighted by Crippen LogP contribution is 2.30. The SMILES string of the molecule is O=C(NC1(CO)CCCCC1)C1CCCN(C2CCN(Cc3cccnc3)CC2)C1. The molecular weight excluding hydrogens is 376 g/mol. The maximum Gasteiger partial charge on any atom is 0.224 e. The molecule has 166 valence electrons. The van der Waals surface area contributed by atoms with E-state index < -0.39 is 0 Å². The van der Waals surface area contributed by atoms with Gasteiger partial charge in [-0.2, -0.15) is 0 Å². The molecule has 1 saturated carbocycles. The van der Waals surface area contributed by atoms with Crippen molar-refractivity contribution in [3.05, 3.63) is 30.1 Å². The molecule has 0 spiro atoms. The first-order chi connectivity index (χ1) is 14.7. The second kappa shape index (κ2) is 10.2. The minimum Gasteiger partial charge on any atom is -0.394 e. The van der Waals surface area contributed by atoms with Crippen molar-refractivity contribution in [2.24, 2.45) is 5.92 Å². The topological polar surface area (TPSA) is 68.7 Å². The van der Waals surface area contributed by atoms with Gasteiger partial charge in [-0.25, -0.2) is 0 Å². The smallest absolute Gasteiger partial charge is 0.224 e. The zero-order valence-electron chi connectivity index (χ0n) is 18.3. The zero-order valence-corrected chi connectivity index (χ0v) is 18.3. The summed E-state index contributed by atoms with van der Waals surface area (Å²) in [5.74, 6) is 0.238. The summed E-state index contributed by atoms with van der Waals surface area (Å²) < 4.78 is 0. The molecule has 0 bridgehead atoms. The van der Waals surface area contributed by atoms with Crippen molar-refractivity contribution < 1.29 is 9.90 Å². The van der Waals surface area contributed by atoms with Gasteiger partial charge in [0.25, 0.3) is 0 Å².